The van der Waals surface area contributed by atoms with Crippen LogP contribution in [0.1, 0.15) is 24.1 Å². The minimum atomic E-state index is 0.425. The molecule has 2 fully saturated rings. The largest absolute Gasteiger partial charge is 0.305 e. The zero-order valence-electron chi connectivity index (χ0n) is 17.7. The molecule has 3 heterocycles. The Bertz CT molecular complexity index is 1060. The summed E-state index contributed by atoms with van der Waals surface area (Å²) in [4.78, 5) is 2.65. The summed E-state index contributed by atoms with van der Waals surface area (Å²) in [6.07, 6.45) is 4.39. The molecule has 158 valence electrons. The first-order valence-electron chi connectivity index (χ1n) is 10.5. The van der Waals surface area contributed by atoms with Crippen LogP contribution in [0.2, 0.25) is 0 Å². The number of halogens is 1. The summed E-state index contributed by atoms with van der Waals surface area (Å²) in [7, 11) is 3.99. The molecular weight excluding hydrogens is 460 g/mol. The number of aryl methyl sites for hydroxylation is 1. The number of aromatic nitrogens is 5. The summed E-state index contributed by atoms with van der Waals surface area (Å²) >= 11 is 5.35. The summed E-state index contributed by atoms with van der Waals surface area (Å²) in [5, 5.41) is 14.1. The molecule has 0 radical (unpaired) electrons. The quantitative estimate of drug-likeness (QED) is 0.372. The fraction of sp³-hybridized carbons (Fsp3) is 0.500. The molecule has 1 unspecified atom stereocenters. The number of benzene rings is 1. The first-order valence-corrected chi connectivity index (χ1v) is 12.3. The van der Waals surface area contributed by atoms with E-state index in [9.17, 15) is 0 Å². The van der Waals surface area contributed by atoms with Crippen molar-refractivity contribution in [3.05, 3.63) is 46.2 Å². The zero-order chi connectivity index (χ0) is 20.9. The molecule has 8 heteroatoms. The van der Waals surface area contributed by atoms with Gasteiger partial charge in [-0.25, -0.2) is 0 Å². The third kappa shape index (κ3) is 3.52. The standard InChI is InChI=1S/C22H27BrN6S/c1-15-19(12-24-28(15)3)20-25-26-21(27(20)2)30-10-4-9-29-13-17-11-22(17,14-29)16-5-7-18(23)8-6-16/h5-8,12,17H,4,9-11,13-14H2,1-3H3/t17-,22?/m0/s1. The number of thioether (sulfide) groups is 1. The van der Waals surface area contributed by atoms with Crippen molar-refractivity contribution >= 4 is 27.7 Å². The van der Waals surface area contributed by atoms with Gasteiger partial charge in [0.15, 0.2) is 11.0 Å². The van der Waals surface area contributed by atoms with Gasteiger partial charge in [-0.05, 0) is 49.9 Å². The maximum atomic E-state index is 4.41. The van der Waals surface area contributed by atoms with Crippen LogP contribution in [-0.2, 0) is 19.5 Å². The molecule has 6 nitrogen and oxygen atoms in total. The van der Waals surface area contributed by atoms with Gasteiger partial charge in [0.2, 0.25) is 0 Å². The molecule has 1 aliphatic heterocycles. The number of hydrogen-bond donors (Lipinski definition) is 0. The highest BCUT2D eigenvalue weighted by molar-refractivity contribution is 9.10. The Kier molecular flexibility index (Phi) is 5.27. The van der Waals surface area contributed by atoms with Crippen molar-refractivity contribution in [3.8, 4) is 11.4 Å². The van der Waals surface area contributed by atoms with Gasteiger partial charge in [0.05, 0.1) is 11.8 Å². The van der Waals surface area contributed by atoms with Gasteiger partial charge in [-0.2, -0.15) is 5.10 Å². The van der Waals surface area contributed by atoms with Crippen LogP contribution in [-0.4, -0.2) is 54.8 Å². The fourth-order valence-corrected chi connectivity index (χ4v) is 5.93. The molecule has 0 amide bonds. The van der Waals surface area contributed by atoms with E-state index >= 15 is 0 Å². The monoisotopic (exact) mass is 486 g/mol. The minimum absolute atomic E-state index is 0.425. The first kappa shape index (κ1) is 20.3. The van der Waals surface area contributed by atoms with Crippen molar-refractivity contribution in [2.75, 3.05) is 25.4 Å². The zero-order valence-corrected chi connectivity index (χ0v) is 20.1. The third-order valence-electron chi connectivity index (χ3n) is 6.80. The number of likely N-dealkylation sites (tertiary alicyclic amines) is 1. The molecule has 1 aromatic carbocycles. The molecular formula is C22H27BrN6S. The van der Waals surface area contributed by atoms with Crippen LogP contribution in [0.3, 0.4) is 0 Å². The number of fused-ring (bicyclic) bond motifs is 1. The van der Waals surface area contributed by atoms with E-state index in [4.69, 9.17) is 0 Å². The summed E-state index contributed by atoms with van der Waals surface area (Å²) in [5.74, 6) is 2.79. The summed E-state index contributed by atoms with van der Waals surface area (Å²) in [6, 6.07) is 8.97. The van der Waals surface area contributed by atoms with Crippen molar-refractivity contribution in [3.63, 3.8) is 0 Å². The number of nitrogens with zero attached hydrogens (tertiary/aromatic N) is 6. The molecule has 0 N–H and O–H groups in total. The Morgan fingerprint density at radius 3 is 2.73 bits per heavy atom. The molecule has 0 bridgehead atoms. The van der Waals surface area contributed by atoms with E-state index in [1.807, 2.05) is 25.0 Å². The highest BCUT2D eigenvalue weighted by atomic mass is 79.9. The molecule has 1 saturated heterocycles. The maximum absolute atomic E-state index is 4.41. The highest BCUT2D eigenvalue weighted by Gasteiger charge is 2.60. The summed E-state index contributed by atoms with van der Waals surface area (Å²) in [6.45, 7) is 5.67. The lowest BCUT2D eigenvalue weighted by Gasteiger charge is -2.21. The second-order valence-corrected chi connectivity index (χ2v) is 10.6. The van der Waals surface area contributed by atoms with Crippen molar-refractivity contribution in [1.82, 2.24) is 29.4 Å². The second kappa shape index (κ2) is 7.80. The molecule has 2 atom stereocenters. The molecule has 5 rings (SSSR count). The minimum Gasteiger partial charge on any atom is -0.305 e. The Morgan fingerprint density at radius 2 is 2.00 bits per heavy atom. The van der Waals surface area contributed by atoms with Gasteiger partial charge in [0, 0.05) is 48.5 Å². The van der Waals surface area contributed by atoms with Crippen molar-refractivity contribution in [2.45, 2.75) is 30.3 Å². The summed E-state index contributed by atoms with van der Waals surface area (Å²) < 4.78 is 5.12. The van der Waals surface area contributed by atoms with E-state index < -0.39 is 0 Å². The van der Waals surface area contributed by atoms with E-state index in [1.54, 1.807) is 11.8 Å². The number of rotatable bonds is 7. The lowest BCUT2D eigenvalue weighted by Crippen LogP contribution is -2.27. The van der Waals surface area contributed by atoms with Gasteiger partial charge in [-0.3, -0.25) is 4.68 Å². The van der Waals surface area contributed by atoms with Crippen LogP contribution in [0.4, 0.5) is 0 Å². The Hall–Kier alpha value is -1.64. The lowest BCUT2D eigenvalue weighted by molar-refractivity contribution is 0.299. The van der Waals surface area contributed by atoms with E-state index in [0.29, 0.717) is 5.41 Å². The second-order valence-electron chi connectivity index (χ2n) is 8.63. The number of hydrogen-bond acceptors (Lipinski definition) is 5. The predicted molar refractivity (Wildman–Crippen MR) is 124 cm³/mol. The van der Waals surface area contributed by atoms with Crippen molar-refractivity contribution < 1.29 is 0 Å². The van der Waals surface area contributed by atoms with E-state index in [-0.39, 0.29) is 0 Å². The van der Waals surface area contributed by atoms with Crippen LogP contribution in [0.25, 0.3) is 11.4 Å². The highest BCUT2D eigenvalue weighted by Crippen LogP contribution is 2.59. The van der Waals surface area contributed by atoms with Gasteiger partial charge in [0.1, 0.15) is 0 Å². The molecule has 2 aromatic heterocycles. The van der Waals surface area contributed by atoms with Crippen LogP contribution < -0.4 is 0 Å². The van der Waals surface area contributed by atoms with E-state index in [2.05, 4.69) is 71.9 Å². The Morgan fingerprint density at radius 1 is 1.20 bits per heavy atom. The van der Waals surface area contributed by atoms with Crippen molar-refractivity contribution in [1.29, 1.82) is 0 Å². The van der Waals surface area contributed by atoms with Crippen LogP contribution in [0.5, 0.6) is 0 Å². The van der Waals surface area contributed by atoms with Gasteiger partial charge < -0.3 is 9.47 Å². The van der Waals surface area contributed by atoms with Crippen LogP contribution in [0, 0.1) is 12.8 Å². The lowest BCUT2D eigenvalue weighted by atomic mass is 9.95. The molecule has 30 heavy (non-hydrogen) atoms. The first-order chi connectivity index (χ1) is 14.5. The summed E-state index contributed by atoms with van der Waals surface area (Å²) in [5.41, 5.74) is 4.10. The molecule has 1 aliphatic carbocycles. The smallest absolute Gasteiger partial charge is 0.191 e. The third-order valence-corrected chi connectivity index (χ3v) is 8.43. The van der Waals surface area contributed by atoms with Gasteiger partial charge >= 0.3 is 0 Å². The van der Waals surface area contributed by atoms with Gasteiger partial charge in [-0.15, -0.1) is 10.2 Å². The van der Waals surface area contributed by atoms with E-state index in [0.717, 1.165) is 44.9 Å². The Labute approximate surface area is 190 Å². The maximum Gasteiger partial charge on any atom is 0.191 e. The Balaban J connectivity index is 1.13. The predicted octanol–water partition coefficient (Wildman–Crippen LogP) is 4.04. The van der Waals surface area contributed by atoms with E-state index in [1.165, 1.54) is 31.5 Å². The SMILES string of the molecule is Cc1c(-c2nnc(SCCCN3C[C@@H]4CC4(c4ccc(Br)cc4)C3)n2C)cnn1C. The van der Waals surface area contributed by atoms with Crippen LogP contribution in [0.15, 0.2) is 40.1 Å². The topological polar surface area (TPSA) is 51.8 Å². The average molecular weight is 487 g/mol. The fourth-order valence-electron chi connectivity index (χ4n) is 4.83. The number of piperidine rings is 1. The van der Waals surface area contributed by atoms with Gasteiger partial charge in [0.25, 0.3) is 0 Å². The normalized spacial score (nSPS) is 23.1. The van der Waals surface area contributed by atoms with Crippen molar-refractivity contribution in [2.24, 2.45) is 20.0 Å². The van der Waals surface area contributed by atoms with Crippen LogP contribution >= 0.6 is 27.7 Å². The molecule has 3 aromatic rings. The molecule has 0 spiro atoms. The average Bonchev–Trinajstić information content (AvgIpc) is 2.98. The van der Waals surface area contributed by atoms with Gasteiger partial charge in [-0.1, -0.05) is 39.8 Å². The molecule has 1 saturated carbocycles. The molecule has 2 aliphatic rings.